The highest BCUT2D eigenvalue weighted by molar-refractivity contribution is 5.94. The van der Waals surface area contributed by atoms with E-state index in [0.717, 1.165) is 12.8 Å². The van der Waals surface area contributed by atoms with Gasteiger partial charge in [-0.3, -0.25) is 9.78 Å². The molecular formula is C16H24N4O2. The minimum atomic E-state index is -0.233. The molecule has 6 heteroatoms. The van der Waals surface area contributed by atoms with Crippen molar-refractivity contribution < 1.29 is 9.59 Å². The summed E-state index contributed by atoms with van der Waals surface area (Å²) in [6.45, 7) is 7.21. The summed E-state index contributed by atoms with van der Waals surface area (Å²) in [5, 5.41) is 5.98. The van der Waals surface area contributed by atoms with Gasteiger partial charge in [-0.1, -0.05) is 0 Å². The van der Waals surface area contributed by atoms with E-state index in [4.69, 9.17) is 0 Å². The maximum Gasteiger partial charge on any atom is 0.317 e. The molecule has 1 aromatic heterocycles. The largest absolute Gasteiger partial charge is 0.349 e. The van der Waals surface area contributed by atoms with Crippen LogP contribution in [0.4, 0.5) is 4.79 Å². The van der Waals surface area contributed by atoms with Crippen LogP contribution in [-0.2, 0) is 0 Å². The number of nitrogens with one attached hydrogen (secondary N) is 2. The van der Waals surface area contributed by atoms with Crippen molar-refractivity contribution in [3.63, 3.8) is 0 Å². The predicted molar refractivity (Wildman–Crippen MR) is 84.6 cm³/mol. The summed E-state index contributed by atoms with van der Waals surface area (Å²) in [6, 6.07) is 3.47. The van der Waals surface area contributed by atoms with Crippen LogP contribution in [0.15, 0.2) is 24.5 Å². The lowest BCUT2D eigenvalue weighted by Gasteiger charge is -2.34. The molecule has 0 spiro atoms. The summed E-state index contributed by atoms with van der Waals surface area (Å²) >= 11 is 0. The molecule has 0 atom stereocenters. The highest BCUT2D eigenvalue weighted by Crippen LogP contribution is 2.12. The number of nitrogens with zero attached hydrogens (tertiary/aromatic N) is 2. The monoisotopic (exact) mass is 304 g/mol. The first-order valence-corrected chi connectivity index (χ1v) is 7.63. The molecule has 22 heavy (non-hydrogen) atoms. The molecule has 120 valence electrons. The zero-order valence-corrected chi connectivity index (χ0v) is 13.4. The van der Waals surface area contributed by atoms with Gasteiger partial charge in [0.25, 0.3) is 5.91 Å². The molecule has 0 unspecified atom stereocenters. The van der Waals surface area contributed by atoms with Crippen molar-refractivity contribution in [3.8, 4) is 0 Å². The van der Waals surface area contributed by atoms with Crippen LogP contribution < -0.4 is 10.6 Å². The zero-order chi connectivity index (χ0) is 16.2. The van der Waals surface area contributed by atoms with Crippen molar-refractivity contribution in [1.29, 1.82) is 0 Å². The summed E-state index contributed by atoms with van der Waals surface area (Å²) < 4.78 is 0. The molecule has 0 bridgehead atoms. The third kappa shape index (κ3) is 4.72. The number of aromatic nitrogens is 1. The van der Waals surface area contributed by atoms with Crippen molar-refractivity contribution in [2.75, 3.05) is 13.1 Å². The molecule has 2 N–H and O–H groups in total. The number of hydrogen-bond acceptors (Lipinski definition) is 3. The predicted octanol–water partition coefficient (Wildman–Crippen LogP) is 1.78. The Kier molecular flexibility index (Phi) is 5.00. The lowest BCUT2D eigenvalue weighted by Crippen LogP contribution is -2.53. The molecule has 1 aromatic rings. The smallest absolute Gasteiger partial charge is 0.317 e. The summed E-state index contributed by atoms with van der Waals surface area (Å²) in [6.07, 6.45) is 4.76. The fourth-order valence-electron chi connectivity index (χ4n) is 2.40. The Hall–Kier alpha value is -2.11. The average Bonchev–Trinajstić information content (AvgIpc) is 2.47. The van der Waals surface area contributed by atoms with Gasteiger partial charge in [-0.2, -0.15) is 0 Å². The van der Waals surface area contributed by atoms with Crippen LogP contribution in [0.1, 0.15) is 44.0 Å². The number of carbonyl (C=O) groups is 2. The fourth-order valence-corrected chi connectivity index (χ4v) is 2.40. The van der Waals surface area contributed by atoms with Gasteiger partial charge in [-0.15, -0.1) is 0 Å². The van der Waals surface area contributed by atoms with Gasteiger partial charge in [0.2, 0.25) is 0 Å². The van der Waals surface area contributed by atoms with Gasteiger partial charge in [0, 0.05) is 42.6 Å². The highest BCUT2D eigenvalue weighted by atomic mass is 16.2. The molecular weight excluding hydrogens is 280 g/mol. The molecule has 2 rings (SSSR count). The van der Waals surface area contributed by atoms with Crippen LogP contribution in [-0.4, -0.2) is 46.5 Å². The quantitative estimate of drug-likeness (QED) is 0.874. The highest BCUT2D eigenvalue weighted by Gasteiger charge is 2.26. The molecule has 6 nitrogen and oxygen atoms in total. The molecule has 3 amide bonds. The number of likely N-dealkylation sites (tertiary alicyclic amines) is 1. The van der Waals surface area contributed by atoms with Gasteiger partial charge in [0.15, 0.2) is 0 Å². The average molecular weight is 304 g/mol. The third-order valence-electron chi connectivity index (χ3n) is 3.54. The van der Waals surface area contributed by atoms with E-state index in [2.05, 4.69) is 15.6 Å². The Morgan fingerprint density at radius 2 is 1.77 bits per heavy atom. The zero-order valence-electron chi connectivity index (χ0n) is 13.4. The number of rotatable bonds is 2. The van der Waals surface area contributed by atoms with Gasteiger partial charge in [-0.05, 0) is 45.7 Å². The van der Waals surface area contributed by atoms with E-state index in [1.54, 1.807) is 29.4 Å². The van der Waals surface area contributed by atoms with E-state index in [0.29, 0.717) is 18.7 Å². The Labute approximate surface area is 131 Å². The second-order valence-electron chi connectivity index (χ2n) is 6.65. The molecule has 0 aromatic carbocycles. The van der Waals surface area contributed by atoms with Crippen molar-refractivity contribution in [3.05, 3.63) is 30.1 Å². The van der Waals surface area contributed by atoms with Crippen molar-refractivity contribution in [2.24, 2.45) is 0 Å². The Balaban J connectivity index is 1.80. The molecule has 2 heterocycles. The van der Waals surface area contributed by atoms with Crippen LogP contribution in [0.5, 0.6) is 0 Å². The van der Waals surface area contributed by atoms with Gasteiger partial charge in [-0.25, -0.2) is 4.79 Å². The first kappa shape index (κ1) is 16.3. The van der Waals surface area contributed by atoms with E-state index in [-0.39, 0.29) is 23.5 Å². The molecule has 1 aliphatic heterocycles. The molecule has 1 saturated heterocycles. The first-order valence-electron chi connectivity index (χ1n) is 7.63. The SMILES string of the molecule is CC(C)(C)NC(=O)N1CCC(NC(=O)c2ccncc2)CC1. The maximum absolute atomic E-state index is 12.1. The van der Waals surface area contributed by atoms with Crippen molar-refractivity contribution >= 4 is 11.9 Å². The fraction of sp³-hybridized carbons (Fsp3) is 0.562. The third-order valence-corrected chi connectivity index (χ3v) is 3.54. The summed E-state index contributed by atoms with van der Waals surface area (Å²) in [5.74, 6) is -0.0833. The van der Waals surface area contributed by atoms with E-state index in [9.17, 15) is 9.59 Å². The van der Waals surface area contributed by atoms with E-state index >= 15 is 0 Å². The standard InChI is InChI=1S/C16H24N4O2/c1-16(2,3)19-15(22)20-10-6-13(7-11-20)18-14(21)12-4-8-17-9-5-12/h4-5,8-9,13H,6-7,10-11H2,1-3H3,(H,18,21)(H,19,22). The Morgan fingerprint density at radius 3 is 2.32 bits per heavy atom. The molecule has 1 aliphatic rings. The number of piperidine rings is 1. The summed E-state index contributed by atoms with van der Waals surface area (Å²) in [7, 11) is 0. The Morgan fingerprint density at radius 1 is 1.18 bits per heavy atom. The van der Waals surface area contributed by atoms with Crippen LogP contribution in [0.3, 0.4) is 0 Å². The number of pyridine rings is 1. The second-order valence-corrected chi connectivity index (χ2v) is 6.65. The summed E-state index contributed by atoms with van der Waals surface area (Å²) in [4.78, 5) is 29.9. The van der Waals surface area contributed by atoms with Crippen LogP contribution >= 0.6 is 0 Å². The summed E-state index contributed by atoms with van der Waals surface area (Å²) in [5.41, 5.74) is 0.381. The first-order chi connectivity index (χ1) is 10.3. The normalized spacial score (nSPS) is 16.2. The number of urea groups is 1. The lowest BCUT2D eigenvalue weighted by atomic mass is 10.0. The van der Waals surface area contributed by atoms with E-state index in [1.807, 2.05) is 20.8 Å². The topological polar surface area (TPSA) is 74.3 Å². The van der Waals surface area contributed by atoms with Crippen molar-refractivity contribution in [1.82, 2.24) is 20.5 Å². The van der Waals surface area contributed by atoms with Gasteiger partial charge < -0.3 is 15.5 Å². The maximum atomic E-state index is 12.1. The van der Waals surface area contributed by atoms with Gasteiger partial charge >= 0.3 is 6.03 Å². The van der Waals surface area contributed by atoms with E-state index in [1.165, 1.54) is 0 Å². The molecule has 1 fully saturated rings. The Bertz CT molecular complexity index is 517. The van der Waals surface area contributed by atoms with Gasteiger partial charge in [0.1, 0.15) is 0 Å². The molecule has 0 aliphatic carbocycles. The minimum absolute atomic E-state index is 0.0357. The van der Waals surface area contributed by atoms with E-state index < -0.39 is 0 Å². The van der Waals surface area contributed by atoms with Gasteiger partial charge in [0.05, 0.1) is 0 Å². The number of hydrogen-bond donors (Lipinski definition) is 2. The second kappa shape index (κ2) is 6.77. The lowest BCUT2D eigenvalue weighted by molar-refractivity contribution is 0.0917. The van der Waals surface area contributed by atoms with Crippen LogP contribution in [0, 0.1) is 0 Å². The number of carbonyl (C=O) groups excluding carboxylic acids is 2. The van der Waals surface area contributed by atoms with Crippen molar-refractivity contribution in [2.45, 2.75) is 45.2 Å². The van der Waals surface area contributed by atoms with Crippen LogP contribution in [0.25, 0.3) is 0 Å². The minimum Gasteiger partial charge on any atom is -0.349 e. The number of amides is 3. The molecule has 0 radical (unpaired) electrons. The molecule has 0 saturated carbocycles. The van der Waals surface area contributed by atoms with Crippen LogP contribution in [0.2, 0.25) is 0 Å².